The van der Waals surface area contributed by atoms with E-state index < -0.39 is 29.3 Å². The van der Waals surface area contributed by atoms with E-state index in [0.29, 0.717) is 52.3 Å². The largest absolute Gasteiger partial charge is 0.416 e. The summed E-state index contributed by atoms with van der Waals surface area (Å²) in [5, 5.41) is 19.4. The molecule has 236 valence electrons. The summed E-state index contributed by atoms with van der Waals surface area (Å²) in [7, 11) is 0. The number of hydrogen-bond acceptors (Lipinski definition) is 8. The van der Waals surface area contributed by atoms with E-state index in [4.69, 9.17) is 5.73 Å². The van der Waals surface area contributed by atoms with Gasteiger partial charge < -0.3 is 16.4 Å². The Morgan fingerprint density at radius 1 is 1.11 bits per heavy atom. The van der Waals surface area contributed by atoms with Gasteiger partial charge in [0.15, 0.2) is 5.82 Å². The number of nitrogens with one attached hydrogen (secondary N) is 2. The summed E-state index contributed by atoms with van der Waals surface area (Å²) >= 11 is 1.84. The molecular weight excluding hydrogens is 610 g/mol. The number of amides is 2. The molecule has 0 bridgehead atoms. The van der Waals surface area contributed by atoms with Crippen molar-refractivity contribution >= 4 is 40.7 Å². The number of urea groups is 1. The van der Waals surface area contributed by atoms with Crippen LogP contribution in [-0.4, -0.2) is 61.3 Å². The molecule has 1 aliphatic heterocycles. The first-order valence-electron chi connectivity index (χ1n) is 14.1. The van der Waals surface area contributed by atoms with Gasteiger partial charge in [0.2, 0.25) is 0 Å². The second-order valence-electron chi connectivity index (χ2n) is 10.7. The molecule has 2 aromatic carbocycles. The van der Waals surface area contributed by atoms with Crippen LogP contribution in [0.1, 0.15) is 30.7 Å². The first-order chi connectivity index (χ1) is 21.4. The highest BCUT2D eigenvalue weighted by Gasteiger charge is 2.31. The number of rotatable bonds is 8. The number of anilines is 3. The van der Waals surface area contributed by atoms with Crippen LogP contribution in [0, 0.1) is 17.1 Å². The number of carbonyl (C=O) groups is 1. The molecule has 0 atom stereocenters. The summed E-state index contributed by atoms with van der Waals surface area (Å²) in [5.41, 5.74) is 8.50. The normalized spacial score (nSPS) is 14.5. The fraction of sp³-hybridized carbons (Fsp3) is 0.333. The van der Waals surface area contributed by atoms with Crippen molar-refractivity contribution in [1.82, 2.24) is 23.8 Å². The van der Waals surface area contributed by atoms with E-state index in [1.54, 1.807) is 28.8 Å². The highest BCUT2D eigenvalue weighted by atomic mass is 32.2. The standard InChI is InChI=1S/C30H31F4N9OS/c1-18(2)45-42-13-11-41(12-14-42)16-25-22(9-10-35)26(27-28(36)37-17-38-43(25)27)19-3-6-21(7-4-19)39-29(44)40-24-15-20(30(32,33)34)5-8-23(24)31/h3-8,15,17-18H,9,11-14,16H2,1-2H3,(H2,36,37,38)(H2,39,40,44). The zero-order valence-corrected chi connectivity index (χ0v) is 25.3. The summed E-state index contributed by atoms with van der Waals surface area (Å²) in [4.78, 5) is 19.0. The molecule has 45 heavy (non-hydrogen) atoms. The Morgan fingerprint density at radius 3 is 2.47 bits per heavy atom. The molecule has 0 spiro atoms. The van der Waals surface area contributed by atoms with Crippen LogP contribution >= 0.6 is 11.9 Å². The van der Waals surface area contributed by atoms with Gasteiger partial charge in [-0.2, -0.15) is 23.5 Å². The van der Waals surface area contributed by atoms with E-state index in [9.17, 15) is 27.6 Å². The van der Waals surface area contributed by atoms with Crippen LogP contribution in [0.4, 0.5) is 39.5 Å². The number of benzene rings is 2. The van der Waals surface area contributed by atoms with Crippen molar-refractivity contribution in [2.75, 3.05) is 42.5 Å². The zero-order chi connectivity index (χ0) is 32.3. The molecule has 0 aliphatic carbocycles. The number of halogens is 4. The Labute approximate surface area is 261 Å². The van der Waals surface area contributed by atoms with Crippen LogP contribution < -0.4 is 16.4 Å². The average Bonchev–Trinajstić information content (AvgIpc) is 3.29. The molecule has 10 nitrogen and oxygen atoms in total. The summed E-state index contributed by atoms with van der Waals surface area (Å²) in [5.74, 6) is -0.765. The van der Waals surface area contributed by atoms with Gasteiger partial charge in [-0.25, -0.2) is 23.0 Å². The van der Waals surface area contributed by atoms with Gasteiger partial charge in [-0.05, 0) is 41.5 Å². The Hall–Kier alpha value is -4.39. The zero-order valence-electron chi connectivity index (χ0n) is 24.5. The van der Waals surface area contributed by atoms with E-state index in [1.165, 1.54) is 6.33 Å². The minimum atomic E-state index is -4.69. The number of piperazine rings is 1. The van der Waals surface area contributed by atoms with Crippen LogP contribution in [-0.2, 0) is 19.1 Å². The maximum atomic E-state index is 14.1. The predicted octanol–water partition coefficient (Wildman–Crippen LogP) is 6.02. The van der Waals surface area contributed by atoms with Gasteiger partial charge in [-0.15, -0.1) is 0 Å². The van der Waals surface area contributed by atoms with Crippen molar-refractivity contribution in [2.45, 2.75) is 38.2 Å². The van der Waals surface area contributed by atoms with Crippen molar-refractivity contribution in [1.29, 1.82) is 5.26 Å². The quantitative estimate of drug-likeness (QED) is 0.158. The first kappa shape index (κ1) is 32.0. The lowest BCUT2D eigenvalue weighted by atomic mass is 9.98. The summed E-state index contributed by atoms with van der Waals surface area (Å²) < 4.78 is 57.3. The minimum absolute atomic E-state index is 0.0988. The third-order valence-corrected chi connectivity index (χ3v) is 8.34. The Morgan fingerprint density at radius 2 is 1.82 bits per heavy atom. The molecule has 5 rings (SSSR count). The molecule has 4 aromatic rings. The van der Waals surface area contributed by atoms with Gasteiger partial charge in [0.05, 0.1) is 29.4 Å². The SMILES string of the molecule is CC(C)SN1CCN(Cc2c(CC#N)c(-c3ccc(NC(=O)Nc4cc(C(F)(F)F)ccc4F)cc3)c3c(N)ncnn23)CC1. The smallest absolute Gasteiger partial charge is 0.382 e. The molecule has 1 aliphatic rings. The number of nitrogens with zero attached hydrogens (tertiary/aromatic N) is 6. The van der Waals surface area contributed by atoms with E-state index in [0.717, 1.165) is 37.4 Å². The number of carbonyl (C=O) groups excluding carboxylic acids is 1. The lowest BCUT2D eigenvalue weighted by molar-refractivity contribution is -0.137. The maximum absolute atomic E-state index is 14.1. The van der Waals surface area contributed by atoms with Crippen molar-refractivity contribution in [2.24, 2.45) is 0 Å². The summed E-state index contributed by atoms with van der Waals surface area (Å²) in [6.45, 7) is 8.41. The van der Waals surface area contributed by atoms with Crippen LogP contribution in [0.2, 0.25) is 0 Å². The fourth-order valence-corrected chi connectivity index (χ4v) is 6.24. The molecule has 2 amide bonds. The van der Waals surface area contributed by atoms with E-state index >= 15 is 0 Å². The molecule has 4 N–H and O–H groups in total. The number of nitriles is 1. The molecule has 1 saturated heterocycles. The number of hydrogen-bond donors (Lipinski definition) is 3. The van der Waals surface area contributed by atoms with Gasteiger partial charge >= 0.3 is 12.2 Å². The van der Waals surface area contributed by atoms with E-state index in [2.05, 4.69) is 49.8 Å². The van der Waals surface area contributed by atoms with Crippen LogP contribution in [0.15, 0.2) is 48.8 Å². The maximum Gasteiger partial charge on any atom is 0.416 e. The Bertz CT molecular complexity index is 1730. The van der Waals surface area contributed by atoms with Gasteiger partial charge in [0.25, 0.3) is 0 Å². The van der Waals surface area contributed by atoms with Gasteiger partial charge in [-0.3, -0.25) is 4.90 Å². The third kappa shape index (κ3) is 7.30. The number of nitrogens with two attached hydrogens (primary N) is 1. The predicted molar refractivity (Wildman–Crippen MR) is 166 cm³/mol. The molecule has 0 saturated carbocycles. The van der Waals surface area contributed by atoms with Crippen molar-refractivity contribution in [3.63, 3.8) is 0 Å². The van der Waals surface area contributed by atoms with Gasteiger partial charge in [0, 0.05) is 49.2 Å². The minimum Gasteiger partial charge on any atom is -0.382 e. The second kappa shape index (κ2) is 13.3. The number of aromatic nitrogens is 3. The molecule has 1 fully saturated rings. The molecule has 3 heterocycles. The third-order valence-electron chi connectivity index (χ3n) is 7.25. The molecule has 0 radical (unpaired) electrons. The van der Waals surface area contributed by atoms with Crippen molar-refractivity contribution in [3.8, 4) is 17.2 Å². The fourth-order valence-electron chi connectivity index (χ4n) is 5.27. The topological polar surface area (TPSA) is 128 Å². The summed E-state index contributed by atoms with van der Waals surface area (Å²) in [6, 6.07) is 9.71. The first-order valence-corrected chi connectivity index (χ1v) is 15.0. The van der Waals surface area contributed by atoms with Crippen LogP contribution in [0.5, 0.6) is 0 Å². The Kier molecular flexibility index (Phi) is 9.47. The average molecular weight is 642 g/mol. The highest BCUT2D eigenvalue weighted by molar-refractivity contribution is 7.97. The molecular formula is C30H31F4N9OS. The molecule has 0 unspecified atom stereocenters. The van der Waals surface area contributed by atoms with Crippen LogP contribution in [0.25, 0.3) is 16.6 Å². The lowest BCUT2D eigenvalue weighted by Gasteiger charge is -2.34. The van der Waals surface area contributed by atoms with Crippen molar-refractivity contribution in [3.05, 3.63) is 71.4 Å². The summed E-state index contributed by atoms with van der Waals surface area (Å²) in [6.07, 6.45) is -3.22. The molecule has 2 aromatic heterocycles. The molecule has 15 heteroatoms. The monoisotopic (exact) mass is 641 g/mol. The number of fused-ring (bicyclic) bond motifs is 1. The van der Waals surface area contributed by atoms with Crippen molar-refractivity contribution < 1.29 is 22.4 Å². The van der Waals surface area contributed by atoms with Crippen LogP contribution in [0.3, 0.4) is 0 Å². The highest BCUT2D eigenvalue weighted by Crippen LogP contribution is 2.37. The van der Waals surface area contributed by atoms with E-state index in [1.807, 2.05) is 11.9 Å². The van der Waals surface area contributed by atoms with Gasteiger partial charge in [-0.1, -0.05) is 37.9 Å². The number of nitrogen functional groups attached to an aromatic ring is 1. The lowest BCUT2D eigenvalue weighted by Crippen LogP contribution is -2.43. The van der Waals surface area contributed by atoms with E-state index in [-0.39, 0.29) is 12.2 Å². The van der Waals surface area contributed by atoms with Gasteiger partial charge in [0.1, 0.15) is 17.7 Å². The Balaban J connectivity index is 1.39. The second-order valence-corrected chi connectivity index (χ2v) is 12.4. The number of alkyl halides is 3.